The highest BCUT2D eigenvalue weighted by Gasteiger charge is 2.41. The largest absolute Gasteiger partial charge is 0.481 e. The van der Waals surface area contributed by atoms with Crippen LogP contribution in [0.4, 0.5) is 5.69 Å². The first-order chi connectivity index (χ1) is 12.7. The zero-order valence-corrected chi connectivity index (χ0v) is 15.4. The number of para-hydroxylation sites is 1. The molecule has 2 heterocycles. The summed E-state index contributed by atoms with van der Waals surface area (Å²) in [6.45, 7) is 4.14. The van der Waals surface area contributed by atoms with Gasteiger partial charge in [-0.2, -0.15) is 0 Å². The van der Waals surface area contributed by atoms with Crippen molar-refractivity contribution in [2.45, 2.75) is 32.7 Å². The second kappa shape index (κ2) is 7.02. The Morgan fingerprint density at radius 3 is 2.59 bits per heavy atom. The van der Waals surface area contributed by atoms with E-state index in [0.717, 1.165) is 0 Å². The van der Waals surface area contributed by atoms with Crippen LogP contribution >= 0.6 is 0 Å². The molecule has 1 fully saturated rings. The molecule has 2 N–H and O–H groups in total. The molecule has 0 radical (unpaired) electrons. The summed E-state index contributed by atoms with van der Waals surface area (Å²) in [6, 6.07) is 6.09. The molecule has 3 amide bonds. The number of fused-ring (bicyclic) bond motifs is 2. The molecule has 2 aliphatic heterocycles. The molecule has 0 aliphatic carbocycles. The first kappa shape index (κ1) is 18.9. The monoisotopic (exact) mass is 373 g/mol. The zero-order valence-electron chi connectivity index (χ0n) is 15.4. The maximum Gasteiger partial charge on any atom is 0.303 e. The molecule has 0 aromatic heterocycles. The Bertz CT molecular complexity index is 804. The van der Waals surface area contributed by atoms with Gasteiger partial charge in [0.05, 0.1) is 24.2 Å². The lowest BCUT2D eigenvalue weighted by molar-refractivity contribution is -0.141. The van der Waals surface area contributed by atoms with E-state index in [0.29, 0.717) is 17.8 Å². The molecule has 1 unspecified atom stereocenters. The molecular weight excluding hydrogens is 350 g/mol. The third kappa shape index (κ3) is 3.94. The van der Waals surface area contributed by atoms with E-state index >= 15 is 0 Å². The van der Waals surface area contributed by atoms with Crippen molar-refractivity contribution >= 4 is 29.4 Å². The van der Waals surface area contributed by atoms with Crippen molar-refractivity contribution in [3.63, 3.8) is 0 Å². The predicted octanol–water partition coefficient (Wildman–Crippen LogP) is 1.18. The van der Waals surface area contributed by atoms with Crippen LogP contribution in [0.2, 0.25) is 0 Å². The molecule has 144 valence electrons. The molecule has 2 aliphatic rings. The third-order valence-corrected chi connectivity index (χ3v) is 4.97. The fourth-order valence-electron chi connectivity index (χ4n) is 3.62. The van der Waals surface area contributed by atoms with Gasteiger partial charge in [0.1, 0.15) is 6.04 Å². The minimum absolute atomic E-state index is 0.0712. The van der Waals surface area contributed by atoms with Crippen LogP contribution in [0, 0.1) is 5.41 Å². The molecule has 8 heteroatoms. The Hall–Kier alpha value is -2.90. The fourth-order valence-corrected chi connectivity index (χ4v) is 3.62. The molecule has 1 aromatic carbocycles. The second-order valence-electron chi connectivity index (χ2n) is 7.80. The lowest BCUT2D eigenvalue weighted by Gasteiger charge is -2.40. The number of amides is 3. The SMILES string of the molecule is CC(C)(CC(=O)O)CC(=O)N1CCN2C(=O)c3ccccc3NC(=O)C2C1. The number of rotatable bonds is 4. The van der Waals surface area contributed by atoms with Crippen LogP contribution in [0.1, 0.15) is 37.0 Å². The van der Waals surface area contributed by atoms with E-state index in [1.165, 1.54) is 4.90 Å². The maximum absolute atomic E-state index is 12.8. The van der Waals surface area contributed by atoms with Crippen molar-refractivity contribution in [1.82, 2.24) is 9.80 Å². The van der Waals surface area contributed by atoms with Gasteiger partial charge in [-0.25, -0.2) is 0 Å². The number of aliphatic carboxylic acids is 1. The highest BCUT2D eigenvalue weighted by Crippen LogP contribution is 2.28. The number of nitrogens with one attached hydrogen (secondary N) is 1. The van der Waals surface area contributed by atoms with Gasteiger partial charge in [0, 0.05) is 19.5 Å². The Kier molecular flexibility index (Phi) is 4.91. The van der Waals surface area contributed by atoms with Crippen molar-refractivity contribution in [2.24, 2.45) is 5.41 Å². The van der Waals surface area contributed by atoms with Crippen LogP contribution in [0.25, 0.3) is 0 Å². The summed E-state index contributed by atoms with van der Waals surface area (Å²) in [5.41, 5.74) is 0.232. The van der Waals surface area contributed by atoms with Gasteiger partial charge in [-0.3, -0.25) is 19.2 Å². The van der Waals surface area contributed by atoms with Crippen LogP contribution in [-0.4, -0.2) is 64.3 Å². The smallest absolute Gasteiger partial charge is 0.303 e. The number of benzene rings is 1. The third-order valence-electron chi connectivity index (χ3n) is 4.97. The van der Waals surface area contributed by atoms with Crippen LogP contribution in [0.15, 0.2) is 24.3 Å². The van der Waals surface area contributed by atoms with Gasteiger partial charge >= 0.3 is 5.97 Å². The van der Waals surface area contributed by atoms with Crippen molar-refractivity contribution in [3.05, 3.63) is 29.8 Å². The molecule has 0 spiro atoms. The predicted molar refractivity (Wildman–Crippen MR) is 97.1 cm³/mol. The maximum atomic E-state index is 12.8. The van der Waals surface area contributed by atoms with E-state index in [-0.39, 0.29) is 43.7 Å². The van der Waals surface area contributed by atoms with E-state index < -0.39 is 17.4 Å². The molecular formula is C19H23N3O5. The van der Waals surface area contributed by atoms with Crippen molar-refractivity contribution < 1.29 is 24.3 Å². The standard InChI is InChI=1S/C19H23N3O5/c1-19(2,10-16(24)25)9-15(23)21-7-8-22-14(11-21)17(26)20-13-6-4-3-5-12(13)18(22)27/h3-6,14H,7-11H2,1-2H3,(H,20,26)(H,24,25). The van der Waals surface area contributed by atoms with Crippen molar-refractivity contribution in [1.29, 1.82) is 0 Å². The fraction of sp³-hybridized carbons (Fsp3) is 0.474. The quantitative estimate of drug-likeness (QED) is 0.824. The van der Waals surface area contributed by atoms with Crippen LogP contribution in [-0.2, 0) is 14.4 Å². The Balaban J connectivity index is 1.75. The number of nitrogens with zero attached hydrogens (tertiary/aromatic N) is 2. The molecule has 27 heavy (non-hydrogen) atoms. The minimum Gasteiger partial charge on any atom is -0.481 e. The molecule has 0 saturated carbocycles. The Morgan fingerprint density at radius 2 is 1.89 bits per heavy atom. The van der Waals surface area contributed by atoms with Crippen molar-refractivity contribution in [2.75, 3.05) is 25.0 Å². The minimum atomic E-state index is -0.955. The van der Waals surface area contributed by atoms with Crippen LogP contribution in [0.5, 0.6) is 0 Å². The summed E-state index contributed by atoms with van der Waals surface area (Å²) in [5.74, 6) is -1.71. The highest BCUT2D eigenvalue weighted by molar-refractivity contribution is 6.10. The molecule has 0 bridgehead atoms. The summed E-state index contributed by atoms with van der Waals surface area (Å²) in [4.78, 5) is 52.1. The van der Waals surface area contributed by atoms with Gasteiger partial charge in [0.2, 0.25) is 11.8 Å². The summed E-state index contributed by atoms with van der Waals surface area (Å²) < 4.78 is 0. The lowest BCUT2D eigenvalue weighted by Crippen LogP contribution is -2.59. The Labute approximate surface area is 157 Å². The number of carboxylic acids is 1. The lowest BCUT2D eigenvalue weighted by atomic mass is 9.85. The number of carbonyl (C=O) groups is 4. The number of hydrogen-bond acceptors (Lipinski definition) is 4. The first-order valence-electron chi connectivity index (χ1n) is 8.88. The normalized spacial score (nSPS) is 19.7. The topological polar surface area (TPSA) is 107 Å². The number of anilines is 1. The van der Waals surface area contributed by atoms with Gasteiger partial charge in [-0.15, -0.1) is 0 Å². The summed E-state index contributed by atoms with van der Waals surface area (Å²) >= 11 is 0. The van der Waals surface area contributed by atoms with Crippen molar-refractivity contribution in [3.8, 4) is 0 Å². The summed E-state index contributed by atoms with van der Waals surface area (Å²) in [6.07, 6.45) is -0.0434. The van der Waals surface area contributed by atoms with E-state index in [4.69, 9.17) is 5.11 Å². The number of carbonyl (C=O) groups excluding carboxylic acids is 3. The molecule has 1 saturated heterocycles. The summed E-state index contributed by atoms with van der Waals surface area (Å²) in [5, 5.41) is 11.8. The van der Waals surface area contributed by atoms with Gasteiger partial charge in [-0.05, 0) is 17.5 Å². The number of hydrogen-bond donors (Lipinski definition) is 2. The van der Waals surface area contributed by atoms with Gasteiger partial charge in [-0.1, -0.05) is 26.0 Å². The molecule has 1 aromatic rings. The number of piperazine rings is 1. The number of carboxylic acid groups (broad SMARTS) is 1. The van der Waals surface area contributed by atoms with E-state index in [1.807, 2.05) is 0 Å². The zero-order chi connectivity index (χ0) is 19.8. The average Bonchev–Trinajstić information content (AvgIpc) is 2.69. The van der Waals surface area contributed by atoms with Gasteiger partial charge in [0.25, 0.3) is 5.91 Å². The van der Waals surface area contributed by atoms with E-state index in [1.54, 1.807) is 43.0 Å². The van der Waals surface area contributed by atoms with E-state index in [9.17, 15) is 19.2 Å². The molecule has 3 rings (SSSR count). The van der Waals surface area contributed by atoms with E-state index in [2.05, 4.69) is 5.32 Å². The highest BCUT2D eigenvalue weighted by atomic mass is 16.4. The molecule has 8 nitrogen and oxygen atoms in total. The second-order valence-corrected chi connectivity index (χ2v) is 7.80. The summed E-state index contributed by atoms with van der Waals surface area (Å²) in [7, 11) is 0. The first-order valence-corrected chi connectivity index (χ1v) is 8.88. The molecule has 1 atom stereocenters. The van der Waals surface area contributed by atoms with Crippen LogP contribution < -0.4 is 5.32 Å². The van der Waals surface area contributed by atoms with Crippen LogP contribution in [0.3, 0.4) is 0 Å². The Morgan fingerprint density at radius 1 is 1.19 bits per heavy atom. The van der Waals surface area contributed by atoms with Gasteiger partial charge in [0.15, 0.2) is 0 Å². The average molecular weight is 373 g/mol. The van der Waals surface area contributed by atoms with Gasteiger partial charge < -0.3 is 20.2 Å².